The number of rotatable bonds is 3. The highest BCUT2D eigenvalue weighted by atomic mass is 16.5. The minimum absolute atomic E-state index is 0.0330. The number of likely N-dealkylation sites (N-methyl/N-ethyl adjacent to an activating group) is 1. The van der Waals surface area contributed by atoms with Gasteiger partial charge in [-0.15, -0.1) is 0 Å². The van der Waals surface area contributed by atoms with Crippen molar-refractivity contribution in [2.24, 2.45) is 0 Å². The summed E-state index contributed by atoms with van der Waals surface area (Å²) in [5, 5.41) is 3.02. The van der Waals surface area contributed by atoms with Gasteiger partial charge in [-0.05, 0) is 38.6 Å². The lowest BCUT2D eigenvalue weighted by molar-refractivity contribution is -0.0733. The zero-order chi connectivity index (χ0) is 17.9. The van der Waals surface area contributed by atoms with E-state index >= 15 is 0 Å². The average Bonchev–Trinajstić information content (AvgIpc) is 2.59. The van der Waals surface area contributed by atoms with Crippen LogP contribution in [0.1, 0.15) is 19.4 Å². The Morgan fingerprint density at radius 3 is 2.76 bits per heavy atom. The molecular weight excluding hydrogens is 318 g/mol. The molecule has 7 nitrogen and oxygen atoms in total. The number of anilines is 1. The van der Waals surface area contributed by atoms with Crippen LogP contribution in [0.2, 0.25) is 0 Å². The summed E-state index contributed by atoms with van der Waals surface area (Å²) in [4.78, 5) is 23.4. The smallest absolute Gasteiger partial charge is 0.317 e. The highest BCUT2D eigenvalue weighted by Gasteiger charge is 2.29. The van der Waals surface area contributed by atoms with Gasteiger partial charge in [-0.1, -0.05) is 0 Å². The molecule has 1 N–H and O–H groups in total. The minimum atomic E-state index is -0.277. The Morgan fingerprint density at radius 2 is 2.04 bits per heavy atom. The van der Waals surface area contributed by atoms with Crippen molar-refractivity contribution in [3.63, 3.8) is 0 Å². The molecule has 0 aliphatic carbocycles. The third kappa shape index (κ3) is 4.83. The molecular formula is C18H29N5O2. The number of pyridine rings is 1. The van der Waals surface area contributed by atoms with Crippen LogP contribution in [0.5, 0.6) is 0 Å². The van der Waals surface area contributed by atoms with Gasteiger partial charge in [-0.3, -0.25) is 0 Å². The summed E-state index contributed by atoms with van der Waals surface area (Å²) in [6, 6.07) is 4.01. The second-order valence-electron chi connectivity index (χ2n) is 7.50. The van der Waals surface area contributed by atoms with Crippen LogP contribution < -0.4 is 10.2 Å². The van der Waals surface area contributed by atoms with Crippen molar-refractivity contribution in [3.05, 3.63) is 23.9 Å². The van der Waals surface area contributed by atoms with Crippen molar-refractivity contribution >= 4 is 11.8 Å². The Labute approximate surface area is 149 Å². The number of carbonyl (C=O) groups is 1. The molecule has 2 amide bonds. The average molecular weight is 347 g/mol. The number of morpholine rings is 1. The normalized spacial score (nSPS) is 21.2. The topological polar surface area (TPSA) is 60.9 Å². The molecule has 3 rings (SSSR count). The summed E-state index contributed by atoms with van der Waals surface area (Å²) >= 11 is 0. The summed E-state index contributed by atoms with van der Waals surface area (Å²) in [6.07, 6.45) is 1.83. The van der Waals surface area contributed by atoms with Gasteiger partial charge in [0.1, 0.15) is 5.82 Å². The first kappa shape index (κ1) is 17.9. The van der Waals surface area contributed by atoms with E-state index in [4.69, 9.17) is 4.74 Å². The monoisotopic (exact) mass is 347 g/mol. The first-order valence-electron chi connectivity index (χ1n) is 8.98. The Morgan fingerprint density at radius 1 is 1.28 bits per heavy atom. The highest BCUT2D eigenvalue weighted by Crippen LogP contribution is 2.17. The zero-order valence-corrected chi connectivity index (χ0v) is 15.5. The number of hydrogen-bond donors (Lipinski definition) is 1. The number of hydrogen-bond acceptors (Lipinski definition) is 5. The van der Waals surface area contributed by atoms with Gasteiger partial charge in [0, 0.05) is 45.5 Å². The van der Waals surface area contributed by atoms with E-state index in [9.17, 15) is 4.79 Å². The lowest BCUT2D eigenvalue weighted by Gasteiger charge is -2.38. The molecule has 0 bridgehead atoms. The summed E-state index contributed by atoms with van der Waals surface area (Å²) < 4.78 is 5.66. The van der Waals surface area contributed by atoms with Crippen LogP contribution in [0.25, 0.3) is 0 Å². The van der Waals surface area contributed by atoms with Gasteiger partial charge in [0.25, 0.3) is 0 Å². The largest absolute Gasteiger partial charge is 0.372 e. The fraction of sp³-hybridized carbons (Fsp3) is 0.667. The molecule has 0 unspecified atom stereocenters. The molecule has 0 aromatic carbocycles. The van der Waals surface area contributed by atoms with Crippen LogP contribution in [-0.4, -0.2) is 79.3 Å². The third-order valence-electron chi connectivity index (χ3n) is 4.79. The molecule has 0 saturated carbocycles. The van der Waals surface area contributed by atoms with E-state index in [1.807, 2.05) is 31.0 Å². The van der Waals surface area contributed by atoms with E-state index in [1.165, 1.54) is 0 Å². The van der Waals surface area contributed by atoms with E-state index in [2.05, 4.69) is 33.2 Å². The Hall–Kier alpha value is -1.86. The Kier molecular flexibility index (Phi) is 5.44. The van der Waals surface area contributed by atoms with Crippen molar-refractivity contribution in [3.8, 4) is 0 Å². The first-order chi connectivity index (χ1) is 11.9. The van der Waals surface area contributed by atoms with Crippen molar-refractivity contribution in [2.45, 2.75) is 26.0 Å². The second kappa shape index (κ2) is 7.58. The number of nitrogens with zero attached hydrogens (tertiary/aromatic N) is 4. The summed E-state index contributed by atoms with van der Waals surface area (Å²) in [6.45, 7) is 10.5. The molecule has 3 heterocycles. The lowest BCUT2D eigenvalue weighted by Crippen LogP contribution is -2.53. The Bertz CT molecular complexity index is 599. The summed E-state index contributed by atoms with van der Waals surface area (Å²) in [5.74, 6) is 0.993. The molecule has 0 spiro atoms. The first-order valence-corrected chi connectivity index (χ1v) is 8.98. The van der Waals surface area contributed by atoms with E-state index in [0.717, 1.165) is 37.6 Å². The second-order valence-corrected chi connectivity index (χ2v) is 7.50. The van der Waals surface area contributed by atoms with Crippen LogP contribution in [0, 0.1) is 0 Å². The van der Waals surface area contributed by atoms with Gasteiger partial charge in [-0.25, -0.2) is 9.78 Å². The van der Waals surface area contributed by atoms with Crippen LogP contribution >= 0.6 is 0 Å². The molecule has 0 radical (unpaired) electrons. The van der Waals surface area contributed by atoms with Gasteiger partial charge in [0.15, 0.2) is 0 Å². The molecule has 25 heavy (non-hydrogen) atoms. The molecule has 1 aromatic rings. The van der Waals surface area contributed by atoms with Crippen LogP contribution in [0.3, 0.4) is 0 Å². The van der Waals surface area contributed by atoms with Crippen molar-refractivity contribution in [1.29, 1.82) is 0 Å². The predicted octanol–water partition coefficient (Wildman–Crippen LogP) is 1.15. The number of nitrogens with one attached hydrogen (secondary N) is 1. The molecule has 1 aromatic heterocycles. The van der Waals surface area contributed by atoms with Crippen molar-refractivity contribution in [1.82, 2.24) is 20.1 Å². The molecule has 7 heteroatoms. The standard InChI is InChI=1S/C18H29N5O2/c1-18(2)14-23(10-11-25-18)17(24)20-13-15-4-5-19-16(12-15)22-8-6-21(3)7-9-22/h4-5,12H,6-11,13-14H2,1-3H3,(H,20,24). The number of carbonyl (C=O) groups excluding carboxylic acids is 1. The van der Waals surface area contributed by atoms with E-state index < -0.39 is 0 Å². The molecule has 2 saturated heterocycles. The van der Waals surface area contributed by atoms with E-state index in [0.29, 0.717) is 26.2 Å². The Balaban J connectivity index is 1.54. The van der Waals surface area contributed by atoms with Gasteiger partial charge in [0.2, 0.25) is 0 Å². The highest BCUT2D eigenvalue weighted by molar-refractivity contribution is 5.74. The van der Waals surface area contributed by atoms with Gasteiger partial charge in [0.05, 0.1) is 18.8 Å². The van der Waals surface area contributed by atoms with Gasteiger partial charge >= 0.3 is 6.03 Å². The van der Waals surface area contributed by atoms with Crippen LogP contribution in [-0.2, 0) is 11.3 Å². The maximum Gasteiger partial charge on any atom is 0.317 e. The molecule has 2 aliphatic rings. The molecule has 2 aliphatic heterocycles. The predicted molar refractivity (Wildman–Crippen MR) is 97.8 cm³/mol. The number of urea groups is 1. The van der Waals surface area contributed by atoms with E-state index in [1.54, 1.807) is 0 Å². The summed E-state index contributed by atoms with van der Waals surface area (Å²) in [7, 11) is 2.14. The number of ether oxygens (including phenoxy) is 1. The van der Waals surface area contributed by atoms with Gasteiger partial charge in [-0.2, -0.15) is 0 Å². The van der Waals surface area contributed by atoms with Crippen molar-refractivity contribution < 1.29 is 9.53 Å². The van der Waals surface area contributed by atoms with Crippen LogP contribution in [0.15, 0.2) is 18.3 Å². The van der Waals surface area contributed by atoms with E-state index in [-0.39, 0.29) is 11.6 Å². The molecule has 138 valence electrons. The fourth-order valence-corrected chi connectivity index (χ4v) is 3.26. The third-order valence-corrected chi connectivity index (χ3v) is 4.79. The quantitative estimate of drug-likeness (QED) is 0.889. The van der Waals surface area contributed by atoms with Crippen LogP contribution in [0.4, 0.5) is 10.6 Å². The maximum atomic E-state index is 12.4. The minimum Gasteiger partial charge on any atom is -0.372 e. The SMILES string of the molecule is CN1CCN(c2cc(CNC(=O)N3CCOC(C)(C)C3)ccn2)CC1. The summed E-state index contributed by atoms with van der Waals surface area (Å²) in [5.41, 5.74) is 0.797. The van der Waals surface area contributed by atoms with Crippen molar-refractivity contribution in [2.75, 3.05) is 57.8 Å². The maximum absolute atomic E-state index is 12.4. The molecule has 0 atom stereocenters. The molecule has 2 fully saturated rings. The van der Waals surface area contributed by atoms with Gasteiger partial charge < -0.3 is 24.8 Å². The fourth-order valence-electron chi connectivity index (χ4n) is 3.26. The number of amides is 2. The zero-order valence-electron chi connectivity index (χ0n) is 15.5. The number of aromatic nitrogens is 1. The number of piperazine rings is 1. The lowest BCUT2D eigenvalue weighted by atomic mass is 10.1.